The van der Waals surface area contributed by atoms with Crippen molar-refractivity contribution < 1.29 is 9.47 Å². The van der Waals surface area contributed by atoms with Gasteiger partial charge in [0.2, 0.25) is 5.95 Å². The number of pyridine rings is 1. The molecule has 0 radical (unpaired) electrons. The second-order valence-corrected chi connectivity index (χ2v) is 8.31. The molecule has 8 heteroatoms. The Kier molecular flexibility index (Phi) is 4.97. The number of ether oxygens (including phenoxy) is 2. The van der Waals surface area contributed by atoms with Crippen LogP contribution >= 0.6 is 11.6 Å². The van der Waals surface area contributed by atoms with Gasteiger partial charge in [0.05, 0.1) is 13.2 Å². The van der Waals surface area contributed by atoms with Gasteiger partial charge in [-0.15, -0.1) is 0 Å². The smallest absolute Gasteiger partial charge is 0.259 e. The van der Waals surface area contributed by atoms with Crippen LogP contribution in [-0.2, 0) is 16.5 Å². The standard InChI is InChI=1S/C22H23ClN4O3/c1-27-19-14(12-17(20(27)28)16-4-2-3-5-18(16)23)13-24-21(26-19)25-15-6-8-22(9-7-15)29-10-11-30-22/h2-5,12-13,15H,6-11H2,1H3,(H,24,25,26). The minimum Gasteiger partial charge on any atom is -0.351 e. The molecule has 156 valence electrons. The summed E-state index contributed by atoms with van der Waals surface area (Å²) in [6.07, 6.45) is 5.31. The van der Waals surface area contributed by atoms with Crippen molar-refractivity contribution in [3.8, 4) is 11.1 Å². The molecular weight excluding hydrogens is 404 g/mol. The Morgan fingerprint density at radius 3 is 2.63 bits per heavy atom. The van der Waals surface area contributed by atoms with Crippen molar-refractivity contribution in [3.63, 3.8) is 0 Å². The molecule has 2 fully saturated rings. The molecule has 1 N–H and O–H groups in total. The molecule has 30 heavy (non-hydrogen) atoms. The van der Waals surface area contributed by atoms with Crippen LogP contribution in [0.3, 0.4) is 0 Å². The van der Waals surface area contributed by atoms with Gasteiger partial charge in [-0.2, -0.15) is 4.98 Å². The molecule has 1 saturated heterocycles. The molecule has 1 aliphatic carbocycles. The van der Waals surface area contributed by atoms with Gasteiger partial charge < -0.3 is 14.8 Å². The molecule has 0 unspecified atom stereocenters. The van der Waals surface area contributed by atoms with Gasteiger partial charge in [0, 0.05) is 53.7 Å². The molecule has 0 bridgehead atoms. The van der Waals surface area contributed by atoms with E-state index in [1.54, 1.807) is 23.9 Å². The van der Waals surface area contributed by atoms with Gasteiger partial charge in [-0.05, 0) is 25.0 Å². The number of nitrogens with one attached hydrogen (secondary N) is 1. The van der Waals surface area contributed by atoms with Crippen LogP contribution in [-0.4, -0.2) is 39.6 Å². The monoisotopic (exact) mass is 426 g/mol. The van der Waals surface area contributed by atoms with Gasteiger partial charge in [0.25, 0.3) is 5.56 Å². The first kappa shape index (κ1) is 19.5. The quantitative estimate of drug-likeness (QED) is 0.687. The summed E-state index contributed by atoms with van der Waals surface area (Å²) in [6.45, 7) is 1.35. The van der Waals surface area contributed by atoms with Crippen LogP contribution in [0.1, 0.15) is 25.7 Å². The average Bonchev–Trinajstić information content (AvgIpc) is 3.21. The van der Waals surface area contributed by atoms with Crippen molar-refractivity contribution in [1.82, 2.24) is 14.5 Å². The topological polar surface area (TPSA) is 78.3 Å². The molecule has 0 atom stereocenters. The first-order chi connectivity index (χ1) is 14.5. The normalized spacial score (nSPS) is 18.9. The number of aryl methyl sites for hydroxylation is 1. The van der Waals surface area contributed by atoms with E-state index >= 15 is 0 Å². The van der Waals surface area contributed by atoms with Gasteiger partial charge in [0.15, 0.2) is 5.79 Å². The van der Waals surface area contributed by atoms with Crippen molar-refractivity contribution in [2.75, 3.05) is 18.5 Å². The third kappa shape index (κ3) is 3.47. The summed E-state index contributed by atoms with van der Waals surface area (Å²) in [5.41, 5.74) is 1.68. The maximum atomic E-state index is 13.0. The van der Waals surface area contributed by atoms with Crippen LogP contribution in [0, 0.1) is 0 Å². The maximum Gasteiger partial charge on any atom is 0.259 e. The number of halogens is 1. The molecule has 5 rings (SSSR count). The van der Waals surface area contributed by atoms with Gasteiger partial charge in [-0.25, -0.2) is 4.98 Å². The van der Waals surface area contributed by atoms with E-state index in [0.717, 1.165) is 31.1 Å². The average molecular weight is 427 g/mol. The predicted octanol–water partition coefficient (Wildman–Crippen LogP) is 3.75. The Labute approximate surface area is 179 Å². The van der Waals surface area contributed by atoms with E-state index in [9.17, 15) is 4.79 Å². The number of anilines is 1. The van der Waals surface area contributed by atoms with E-state index in [0.29, 0.717) is 41.0 Å². The van der Waals surface area contributed by atoms with Crippen LogP contribution in [0.4, 0.5) is 5.95 Å². The van der Waals surface area contributed by atoms with Crippen LogP contribution in [0.2, 0.25) is 5.02 Å². The van der Waals surface area contributed by atoms with E-state index in [1.165, 1.54) is 0 Å². The van der Waals surface area contributed by atoms with E-state index in [-0.39, 0.29) is 17.4 Å². The predicted molar refractivity (Wildman–Crippen MR) is 116 cm³/mol. The van der Waals surface area contributed by atoms with Crippen LogP contribution in [0.25, 0.3) is 22.2 Å². The highest BCUT2D eigenvalue weighted by Gasteiger charge is 2.40. The molecule has 7 nitrogen and oxygen atoms in total. The molecule has 1 saturated carbocycles. The fourth-order valence-corrected chi connectivity index (χ4v) is 4.60. The zero-order valence-corrected chi connectivity index (χ0v) is 17.5. The van der Waals surface area contributed by atoms with E-state index in [4.69, 9.17) is 21.1 Å². The van der Waals surface area contributed by atoms with Gasteiger partial charge in [-0.3, -0.25) is 9.36 Å². The number of nitrogens with zero attached hydrogens (tertiary/aromatic N) is 3. The second-order valence-electron chi connectivity index (χ2n) is 7.90. The summed E-state index contributed by atoms with van der Waals surface area (Å²) in [4.78, 5) is 22.1. The lowest BCUT2D eigenvalue weighted by Gasteiger charge is -2.35. The molecule has 1 aliphatic heterocycles. The zero-order chi connectivity index (χ0) is 20.7. The number of benzene rings is 1. The second kappa shape index (κ2) is 7.65. The zero-order valence-electron chi connectivity index (χ0n) is 16.7. The van der Waals surface area contributed by atoms with Crippen LogP contribution < -0.4 is 10.9 Å². The lowest BCUT2D eigenvalue weighted by atomic mass is 9.90. The molecule has 1 spiro atoms. The summed E-state index contributed by atoms with van der Waals surface area (Å²) in [6, 6.07) is 9.39. The lowest BCUT2D eigenvalue weighted by Crippen LogP contribution is -2.39. The number of hydrogen-bond acceptors (Lipinski definition) is 6. The third-order valence-corrected chi connectivity index (χ3v) is 6.34. The summed E-state index contributed by atoms with van der Waals surface area (Å²) < 4.78 is 13.1. The number of aromatic nitrogens is 3. The minimum absolute atomic E-state index is 0.143. The van der Waals surface area contributed by atoms with E-state index in [1.807, 2.05) is 24.3 Å². The Morgan fingerprint density at radius 1 is 1.17 bits per heavy atom. The third-order valence-electron chi connectivity index (χ3n) is 6.01. The van der Waals surface area contributed by atoms with Crippen molar-refractivity contribution in [2.24, 2.45) is 7.05 Å². The maximum absolute atomic E-state index is 13.0. The Bertz CT molecular complexity index is 1150. The Hall–Kier alpha value is -2.48. The molecule has 3 aromatic rings. The summed E-state index contributed by atoms with van der Waals surface area (Å²) >= 11 is 6.31. The lowest BCUT2D eigenvalue weighted by molar-refractivity contribution is -0.177. The molecule has 0 amide bonds. The molecule has 1 aromatic carbocycles. The number of rotatable bonds is 3. The Balaban J connectivity index is 1.41. The van der Waals surface area contributed by atoms with Crippen molar-refractivity contribution in [3.05, 3.63) is 51.9 Å². The van der Waals surface area contributed by atoms with E-state index < -0.39 is 0 Å². The van der Waals surface area contributed by atoms with Gasteiger partial charge in [-0.1, -0.05) is 29.8 Å². The van der Waals surface area contributed by atoms with Crippen molar-refractivity contribution in [1.29, 1.82) is 0 Å². The summed E-state index contributed by atoms with van der Waals surface area (Å²) in [5.74, 6) is 0.138. The highest BCUT2D eigenvalue weighted by atomic mass is 35.5. The van der Waals surface area contributed by atoms with Crippen molar-refractivity contribution >= 4 is 28.6 Å². The fraction of sp³-hybridized carbons (Fsp3) is 0.409. The highest BCUT2D eigenvalue weighted by molar-refractivity contribution is 6.33. The number of fused-ring (bicyclic) bond motifs is 1. The first-order valence-corrected chi connectivity index (χ1v) is 10.6. The SMILES string of the molecule is Cn1c(=O)c(-c2ccccc2Cl)cc2cnc(NC3CCC4(CC3)OCCO4)nc21. The van der Waals surface area contributed by atoms with Crippen LogP contribution in [0.15, 0.2) is 41.3 Å². The van der Waals surface area contributed by atoms with Crippen LogP contribution in [0.5, 0.6) is 0 Å². The first-order valence-electron chi connectivity index (χ1n) is 10.2. The molecular formula is C22H23ClN4O3. The van der Waals surface area contributed by atoms with Crippen molar-refractivity contribution in [2.45, 2.75) is 37.5 Å². The van der Waals surface area contributed by atoms with E-state index in [2.05, 4.69) is 15.3 Å². The summed E-state index contributed by atoms with van der Waals surface area (Å²) in [5, 5.41) is 4.74. The molecule has 3 heterocycles. The largest absolute Gasteiger partial charge is 0.351 e. The molecule has 2 aliphatic rings. The fourth-order valence-electron chi connectivity index (χ4n) is 4.36. The highest BCUT2D eigenvalue weighted by Crippen LogP contribution is 2.36. The summed E-state index contributed by atoms with van der Waals surface area (Å²) in [7, 11) is 1.72. The van der Waals surface area contributed by atoms with Gasteiger partial charge in [0.1, 0.15) is 5.65 Å². The van der Waals surface area contributed by atoms with Gasteiger partial charge >= 0.3 is 0 Å². The molecule has 2 aromatic heterocycles. The Morgan fingerprint density at radius 2 is 1.90 bits per heavy atom. The number of hydrogen-bond donors (Lipinski definition) is 1. The minimum atomic E-state index is -0.387.